The van der Waals surface area contributed by atoms with Gasteiger partial charge in [0.2, 0.25) is 17.6 Å². The Morgan fingerprint density at radius 1 is 0.886 bits per heavy atom. The molecule has 2 amide bonds. The molecule has 35 heavy (non-hydrogen) atoms. The first-order valence-electron chi connectivity index (χ1n) is 10.5. The maximum absolute atomic E-state index is 12.4. The second-order valence-electron chi connectivity index (χ2n) is 7.08. The van der Waals surface area contributed by atoms with Crippen LogP contribution in [0.1, 0.15) is 5.56 Å². The molecular formula is C23H31N3O9. The Morgan fingerprint density at radius 2 is 1.40 bits per heavy atom. The Kier molecular flexibility index (Phi) is 12.4. The zero-order valence-corrected chi connectivity index (χ0v) is 20.1. The van der Waals surface area contributed by atoms with E-state index in [0.29, 0.717) is 62.1 Å². The number of likely N-dealkylation sites (N-methyl/N-ethyl adjacent to an activating group) is 1. The van der Waals surface area contributed by atoms with Crippen LogP contribution in [0.4, 0.5) is 0 Å². The predicted molar refractivity (Wildman–Crippen MR) is 127 cm³/mol. The molecule has 12 nitrogen and oxygen atoms in total. The predicted octanol–water partition coefficient (Wildman–Crippen LogP) is 0.328. The third-order valence-corrected chi connectivity index (χ3v) is 4.80. The third kappa shape index (κ3) is 10.2. The highest BCUT2D eigenvalue weighted by molar-refractivity contribution is 5.92. The van der Waals surface area contributed by atoms with Crippen molar-refractivity contribution < 1.29 is 43.6 Å². The second kappa shape index (κ2) is 15.0. The van der Waals surface area contributed by atoms with Gasteiger partial charge in [-0.25, -0.2) is 9.59 Å². The number of carbonyl (C=O) groups excluding carboxylic acids is 2. The summed E-state index contributed by atoms with van der Waals surface area (Å²) < 4.78 is 15.9. The van der Waals surface area contributed by atoms with Gasteiger partial charge < -0.3 is 34.6 Å². The minimum absolute atomic E-state index is 0.0166. The quantitative estimate of drug-likeness (QED) is 0.410. The number of hydrogen-bond acceptors (Lipinski definition) is 8. The van der Waals surface area contributed by atoms with Crippen LogP contribution in [0.2, 0.25) is 0 Å². The highest BCUT2D eigenvalue weighted by Gasteiger charge is 2.21. The molecule has 0 saturated carbocycles. The molecule has 0 aliphatic carbocycles. The van der Waals surface area contributed by atoms with Crippen molar-refractivity contribution in [2.45, 2.75) is 0 Å². The Balaban J connectivity index is 0.000000658. The van der Waals surface area contributed by atoms with Gasteiger partial charge in [0, 0.05) is 51.5 Å². The summed E-state index contributed by atoms with van der Waals surface area (Å²) in [6.45, 7) is 2.90. The minimum atomic E-state index is -1.26. The topological polar surface area (TPSA) is 155 Å². The van der Waals surface area contributed by atoms with Crippen LogP contribution >= 0.6 is 0 Å². The Labute approximate surface area is 203 Å². The number of hydrogen-bond donors (Lipinski definition) is 3. The zero-order valence-electron chi connectivity index (χ0n) is 20.1. The summed E-state index contributed by atoms with van der Waals surface area (Å²) in [5, 5.41) is 18.2. The van der Waals surface area contributed by atoms with Crippen LogP contribution in [0.15, 0.2) is 30.4 Å². The highest BCUT2D eigenvalue weighted by Crippen LogP contribution is 2.38. The molecule has 0 atom stereocenters. The normalized spacial score (nSPS) is 13.7. The third-order valence-electron chi connectivity index (χ3n) is 4.80. The van der Waals surface area contributed by atoms with Crippen LogP contribution in [0, 0.1) is 0 Å². The van der Waals surface area contributed by atoms with E-state index in [1.807, 2.05) is 4.90 Å². The largest absolute Gasteiger partial charge is 0.493 e. The van der Waals surface area contributed by atoms with E-state index < -0.39 is 11.9 Å². The number of nitrogens with zero attached hydrogens (tertiary/aromatic N) is 2. The first-order chi connectivity index (χ1) is 16.6. The number of benzene rings is 1. The maximum Gasteiger partial charge on any atom is 0.328 e. The number of methoxy groups -OCH3 is 3. The van der Waals surface area contributed by atoms with Gasteiger partial charge in [0.15, 0.2) is 11.5 Å². The van der Waals surface area contributed by atoms with Gasteiger partial charge in [-0.3, -0.25) is 14.5 Å². The van der Waals surface area contributed by atoms with E-state index in [1.54, 1.807) is 51.5 Å². The lowest BCUT2D eigenvalue weighted by atomic mass is 10.1. The fourth-order valence-corrected chi connectivity index (χ4v) is 3.02. The van der Waals surface area contributed by atoms with E-state index in [9.17, 15) is 19.2 Å². The van der Waals surface area contributed by atoms with Crippen LogP contribution in [-0.2, 0) is 19.2 Å². The zero-order chi connectivity index (χ0) is 26.4. The molecule has 1 aliphatic rings. The summed E-state index contributed by atoms with van der Waals surface area (Å²) in [6, 6.07) is 3.57. The summed E-state index contributed by atoms with van der Waals surface area (Å²) in [7, 11) is 6.27. The molecule has 1 fully saturated rings. The van der Waals surface area contributed by atoms with Crippen molar-refractivity contribution in [1.29, 1.82) is 0 Å². The highest BCUT2D eigenvalue weighted by atomic mass is 16.5. The number of rotatable bonds is 9. The number of carboxylic acids is 2. The van der Waals surface area contributed by atoms with Gasteiger partial charge in [-0.2, -0.15) is 0 Å². The Hall–Kier alpha value is -4.06. The van der Waals surface area contributed by atoms with Gasteiger partial charge >= 0.3 is 11.9 Å². The van der Waals surface area contributed by atoms with Crippen LogP contribution in [0.25, 0.3) is 6.08 Å². The molecule has 12 heteroatoms. The van der Waals surface area contributed by atoms with E-state index in [4.69, 9.17) is 24.4 Å². The van der Waals surface area contributed by atoms with Crippen molar-refractivity contribution in [2.24, 2.45) is 0 Å². The summed E-state index contributed by atoms with van der Waals surface area (Å²) in [4.78, 5) is 46.8. The summed E-state index contributed by atoms with van der Waals surface area (Å²) in [5.74, 6) is -1.02. The lowest BCUT2D eigenvalue weighted by Crippen LogP contribution is -2.50. The first kappa shape index (κ1) is 29.0. The summed E-state index contributed by atoms with van der Waals surface area (Å²) >= 11 is 0. The fourth-order valence-electron chi connectivity index (χ4n) is 3.02. The van der Waals surface area contributed by atoms with Crippen LogP contribution in [0.3, 0.4) is 0 Å². The van der Waals surface area contributed by atoms with Gasteiger partial charge in [-0.05, 0) is 23.8 Å². The van der Waals surface area contributed by atoms with Crippen LogP contribution in [0.5, 0.6) is 17.2 Å². The lowest BCUT2D eigenvalue weighted by Gasteiger charge is -2.33. The minimum Gasteiger partial charge on any atom is -0.493 e. The van der Waals surface area contributed by atoms with Crippen molar-refractivity contribution in [3.05, 3.63) is 35.9 Å². The molecule has 0 aromatic heterocycles. The maximum atomic E-state index is 12.4. The number of piperazine rings is 1. The molecule has 0 unspecified atom stereocenters. The molecule has 0 radical (unpaired) electrons. The average molecular weight is 494 g/mol. The second-order valence-corrected chi connectivity index (χ2v) is 7.08. The van der Waals surface area contributed by atoms with Crippen LogP contribution in [-0.4, -0.2) is 105 Å². The fraction of sp³-hybridized carbons (Fsp3) is 0.391. The van der Waals surface area contributed by atoms with Crippen molar-refractivity contribution in [2.75, 3.05) is 61.1 Å². The summed E-state index contributed by atoms with van der Waals surface area (Å²) in [6.07, 6.45) is 4.38. The molecular weight excluding hydrogens is 462 g/mol. The number of nitrogens with one attached hydrogen (secondary N) is 1. The number of carbonyl (C=O) groups is 4. The van der Waals surface area contributed by atoms with E-state index in [1.165, 1.54) is 6.08 Å². The number of aliphatic carboxylic acids is 2. The van der Waals surface area contributed by atoms with Gasteiger partial charge in [0.25, 0.3) is 0 Å². The molecule has 192 valence electrons. The molecule has 1 aromatic carbocycles. The van der Waals surface area contributed by atoms with E-state index >= 15 is 0 Å². The molecule has 0 bridgehead atoms. The van der Waals surface area contributed by atoms with Crippen LogP contribution < -0.4 is 19.5 Å². The standard InChI is InChI=1S/C19H27N3O5.C4H4O4/c1-20-17(23)13-21-7-9-22(10-8-21)18(24)6-5-14-11-15(25-2)19(27-4)16(12-14)26-3;5-3(6)1-2-4(7)8/h5-6,11-12H,7-10,13H2,1-4H3,(H,20,23);1-2H,(H,5,6)(H,7,8)/b6-5+;2-1-. The molecule has 1 heterocycles. The van der Waals surface area contributed by atoms with Crippen molar-refractivity contribution >= 4 is 29.8 Å². The SMILES string of the molecule is CNC(=O)CN1CCN(C(=O)/C=C/c2cc(OC)c(OC)c(OC)c2)CC1.O=C(O)/C=C\C(=O)O. The first-order valence-corrected chi connectivity index (χ1v) is 10.5. The molecule has 3 N–H and O–H groups in total. The molecule has 0 spiro atoms. The Bertz CT molecular complexity index is 911. The van der Waals surface area contributed by atoms with Crippen molar-refractivity contribution in [1.82, 2.24) is 15.1 Å². The van der Waals surface area contributed by atoms with Crippen molar-refractivity contribution in [3.63, 3.8) is 0 Å². The average Bonchev–Trinajstić information content (AvgIpc) is 2.85. The number of ether oxygens (including phenoxy) is 3. The van der Waals surface area contributed by atoms with E-state index in [0.717, 1.165) is 5.56 Å². The number of carboxylic acid groups (broad SMARTS) is 2. The molecule has 1 aliphatic heterocycles. The summed E-state index contributed by atoms with van der Waals surface area (Å²) in [5.41, 5.74) is 0.774. The molecule has 2 rings (SSSR count). The lowest BCUT2D eigenvalue weighted by molar-refractivity contribution is -0.134. The number of amides is 2. The Morgan fingerprint density at radius 3 is 1.80 bits per heavy atom. The molecule has 1 aromatic rings. The van der Waals surface area contributed by atoms with Gasteiger partial charge in [0.1, 0.15) is 0 Å². The van der Waals surface area contributed by atoms with Gasteiger partial charge in [-0.15, -0.1) is 0 Å². The van der Waals surface area contributed by atoms with Gasteiger partial charge in [-0.1, -0.05) is 0 Å². The molecule has 1 saturated heterocycles. The van der Waals surface area contributed by atoms with E-state index in [2.05, 4.69) is 5.32 Å². The van der Waals surface area contributed by atoms with Crippen molar-refractivity contribution in [3.8, 4) is 17.2 Å². The smallest absolute Gasteiger partial charge is 0.328 e. The van der Waals surface area contributed by atoms with E-state index in [-0.39, 0.29) is 11.8 Å². The monoisotopic (exact) mass is 493 g/mol. The van der Waals surface area contributed by atoms with Gasteiger partial charge in [0.05, 0.1) is 27.9 Å².